The van der Waals surface area contributed by atoms with Crippen molar-refractivity contribution in [3.8, 4) is 11.5 Å². The Kier molecular flexibility index (Phi) is 6.35. The van der Waals surface area contributed by atoms with Gasteiger partial charge in [0.25, 0.3) is 0 Å². The molecule has 2 aromatic rings. The van der Waals surface area contributed by atoms with Crippen LogP contribution in [0, 0.1) is 12.3 Å². The number of ketones is 2. The Morgan fingerprint density at radius 3 is 2.12 bits per heavy atom. The number of hydrogen-bond donors (Lipinski definition) is 0. The maximum atomic E-state index is 13.0. The second kappa shape index (κ2) is 8.83. The summed E-state index contributed by atoms with van der Waals surface area (Å²) in [5.74, 6) is -0.921. The summed E-state index contributed by atoms with van der Waals surface area (Å²) < 4.78 is 17.0. The van der Waals surface area contributed by atoms with Gasteiger partial charge in [-0.1, -0.05) is 37.6 Å². The molecule has 0 aliphatic heterocycles. The number of aryl methyl sites for hydroxylation is 1. The van der Waals surface area contributed by atoms with Crippen LogP contribution in [0.1, 0.15) is 62.2 Å². The van der Waals surface area contributed by atoms with Crippen molar-refractivity contribution >= 4 is 17.5 Å². The van der Waals surface area contributed by atoms with Gasteiger partial charge in [0.2, 0.25) is 0 Å². The second-order valence-electron chi connectivity index (χ2n) is 8.19. The minimum absolute atomic E-state index is 0.0885. The van der Waals surface area contributed by atoms with Crippen LogP contribution in [0.4, 0.5) is 0 Å². The highest BCUT2D eigenvalue weighted by atomic mass is 16.5. The van der Waals surface area contributed by atoms with E-state index < -0.39 is 23.3 Å². The molecule has 0 fully saturated rings. The summed E-state index contributed by atoms with van der Waals surface area (Å²) in [4.78, 5) is 38.3. The van der Waals surface area contributed by atoms with Gasteiger partial charge in [-0.3, -0.25) is 9.59 Å². The summed E-state index contributed by atoms with van der Waals surface area (Å²) in [6.45, 7) is 9.52. The van der Waals surface area contributed by atoms with Crippen molar-refractivity contribution in [2.45, 2.75) is 26.9 Å². The van der Waals surface area contributed by atoms with Crippen LogP contribution in [-0.4, -0.2) is 31.8 Å². The number of fused-ring (bicyclic) bond motifs is 1. The van der Waals surface area contributed by atoms with E-state index in [1.807, 2.05) is 32.9 Å². The molecule has 0 amide bonds. The molecule has 1 aliphatic rings. The molecule has 0 radical (unpaired) electrons. The third kappa shape index (κ3) is 4.08. The summed E-state index contributed by atoms with van der Waals surface area (Å²) in [5.41, 5.74) is 1.28. The van der Waals surface area contributed by atoms with Crippen LogP contribution in [0.2, 0.25) is 0 Å². The van der Waals surface area contributed by atoms with E-state index in [-0.39, 0.29) is 28.4 Å². The summed E-state index contributed by atoms with van der Waals surface area (Å²) in [5, 5.41) is 0. The van der Waals surface area contributed by atoms with Crippen molar-refractivity contribution in [2.24, 2.45) is 5.41 Å². The predicted molar refractivity (Wildman–Crippen MR) is 121 cm³/mol. The van der Waals surface area contributed by atoms with E-state index in [1.165, 1.54) is 26.4 Å². The maximum Gasteiger partial charge on any atom is 0.338 e. The van der Waals surface area contributed by atoms with Crippen LogP contribution < -0.4 is 9.47 Å². The highest BCUT2D eigenvalue weighted by Crippen LogP contribution is 2.47. The van der Waals surface area contributed by atoms with Crippen LogP contribution in [0.3, 0.4) is 0 Å². The topological polar surface area (TPSA) is 78.9 Å². The molecule has 1 unspecified atom stereocenters. The van der Waals surface area contributed by atoms with Crippen molar-refractivity contribution in [3.05, 3.63) is 83.0 Å². The van der Waals surface area contributed by atoms with Gasteiger partial charge in [-0.2, -0.15) is 0 Å². The van der Waals surface area contributed by atoms with Gasteiger partial charge in [-0.25, -0.2) is 4.79 Å². The highest BCUT2D eigenvalue weighted by Gasteiger charge is 2.38. The molecule has 6 nitrogen and oxygen atoms in total. The van der Waals surface area contributed by atoms with Crippen LogP contribution >= 0.6 is 0 Å². The molecule has 6 heteroatoms. The smallest absolute Gasteiger partial charge is 0.338 e. The molecule has 166 valence electrons. The Hall–Kier alpha value is -3.67. The van der Waals surface area contributed by atoms with E-state index in [1.54, 1.807) is 24.3 Å². The molecule has 0 saturated carbocycles. The lowest BCUT2D eigenvalue weighted by atomic mass is 9.79. The zero-order valence-corrected chi connectivity index (χ0v) is 18.9. The van der Waals surface area contributed by atoms with Crippen molar-refractivity contribution in [1.29, 1.82) is 0 Å². The lowest BCUT2D eigenvalue weighted by Crippen LogP contribution is -2.27. The highest BCUT2D eigenvalue weighted by molar-refractivity contribution is 6.24. The summed E-state index contributed by atoms with van der Waals surface area (Å²) in [6, 6.07) is 8.60. The first-order valence-corrected chi connectivity index (χ1v) is 10.1. The number of esters is 1. The molecule has 0 spiro atoms. The number of carbonyl (C=O) groups excluding carboxylic acids is 3. The quantitative estimate of drug-likeness (QED) is 0.448. The lowest BCUT2D eigenvalue weighted by Gasteiger charge is -2.33. The van der Waals surface area contributed by atoms with Gasteiger partial charge >= 0.3 is 5.97 Å². The zero-order chi connectivity index (χ0) is 23.6. The predicted octanol–water partition coefficient (Wildman–Crippen LogP) is 5.06. The van der Waals surface area contributed by atoms with Crippen molar-refractivity contribution in [2.75, 3.05) is 14.2 Å². The van der Waals surface area contributed by atoms with E-state index in [0.717, 1.165) is 5.56 Å². The molecule has 0 bridgehead atoms. The van der Waals surface area contributed by atoms with Crippen molar-refractivity contribution in [1.82, 2.24) is 0 Å². The van der Waals surface area contributed by atoms with Gasteiger partial charge in [0.05, 0.1) is 30.9 Å². The van der Waals surface area contributed by atoms with Gasteiger partial charge in [0.15, 0.2) is 11.6 Å². The molecular formula is C26H26O6. The Bertz CT molecular complexity index is 1120. The molecule has 2 aromatic carbocycles. The molecule has 1 atom stereocenters. The lowest BCUT2D eigenvalue weighted by molar-refractivity contribution is 0.00267. The van der Waals surface area contributed by atoms with Crippen LogP contribution in [0.15, 0.2) is 55.1 Å². The van der Waals surface area contributed by atoms with Gasteiger partial charge in [-0.15, -0.1) is 6.58 Å². The van der Waals surface area contributed by atoms with Gasteiger partial charge in [0, 0.05) is 11.0 Å². The first-order valence-electron chi connectivity index (χ1n) is 10.1. The van der Waals surface area contributed by atoms with E-state index in [4.69, 9.17) is 14.2 Å². The number of hydrogen-bond acceptors (Lipinski definition) is 6. The number of ether oxygens (including phenoxy) is 3. The fraction of sp³-hybridized carbons (Fsp3) is 0.269. The van der Waals surface area contributed by atoms with Crippen molar-refractivity contribution in [3.63, 3.8) is 0 Å². The van der Waals surface area contributed by atoms with E-state index in [9.17, 15) is 14.4 Å². The maximum absolute atomic E-state index is 13.0. The third-order valence-electron chi connectivity index (χ3n) is 5.57. The number of rotatable bonds is 7. The second-order valence-corrected chi connectivity index (χ2v) is 8.19. The molecule has 0 saturated heterocycles. The molecule has 32 heavy (non-hydrogen) atoms. The third-order valence-corrected chi connectivity index (χ3v) is 5.57. The summed E-state index contributed by atoms with van der Waals surface area (Å²) >= 11 is 0. The molecular weight excluding hydrogens is 408 g/mol. The molecule has 1 aliphatic carbocycles. The van der Waals surface area contributed by atoms with Gasteiger partial charge in [0.1, 0.15) is 17.6 Å². The normalized spacial score (nSPS) is 13.9. The molecule has 0 N–H and O–H groups in total. The van der Waals surface area contributed by atoms with Gasteiger partial charge < -0.3 is 14.2 Å². The SMILES string of the molecule is C=CC(C)(C)C(OC(=O)c1ccc(C)cc1)c1cc(OC)c2c(c1OC)C(=O)C=CC2=O. The minimum Gasteiger partial charge on any atom is -0.496 e. The molecule has 0 heterocycles. The first kappa shape index (κ1) is 23.0. The fourth-order valence-corrected chi connectivity index (χ4v) is 3.62. The zero-order valence-electron chi connectivity index (χ0n) is 18.9. The molecule has 3 rings (SSSR count). The fourth-order valence-electron chi connectivity index (χ4n) is 3.62. The number of benzene rings is 2. The Balaban J connectivity index is 2.21. The van der Waals surface area contributed by atoms with E-state index in [2.05, 4.69) is 6.58 Å². The largest absolute Gasteiger partial charge is 0.496 e. The van der Waals surface area contributed by atoms with Crippen LogP contribution in [0.5, 0.6) is 11.5 Å². The van der Waals surface area contributed by atoms with Gasteiger partial charge in [-0.05, 0) is 37.3 Å². The number of carbonyl (C=O) groups is 3. The summed E-state index contributed by atoms with van der Waals surface area (Å²) in [7, 11) is 2.81. The number of methoxy groups -OCH3 is 2. The Morgan fingerprint density at radius 1 is 1.00 bits per heavy atom. The average molecular weight is 434 g/mol. The first-order chi connectivity index (χ1) is 15.1. The monoisotopic (exact) mass is 434 g/mol. The van der Waals surface area contributed by atoms with E-state index >= 15 is 0 Å². The minimum atomic E-state index is -0.878. The Labute approximate surface area is 187 Å². The Morgan fingerprint density at radius 2 is 1.59 bits per heavy atom. The number of allylic oxidation sites excluding steroid dienone is 2. The summed E-state index contributed by atoms with van der Waals surface area (Å²) in [6.07, 6.45) is 3.19. The van der Waals surface area contributed by atoms with Crippen molar-refractivity contribution < 1.29 is 28.6 Å². The van der Waals surface area contributed by atoms with Crippen LogP contribution in [0.25, 0.3) is 0 Å². The average Bonchev–Trinajstić information content (AvgIpc) is 2.78. The standard InChI is InChI=1S/C26H26O6/c1-7-26(3,4)24(32-25(29)16-10-8-15(2)9-11-16)17-14-20(30-5)21-18(27)12-13-19(28)22(21)23(17)31-6/h7-14,24H,1H2,2-6H3. The molecule has 0 aromatic heterocycles. The van der Waals surface area contributed by atoms with E-state index in [0.29, 0.717) is 11.1 Å². The van der Waals surface area contributed by atoms with Crippen LogP contribution in [-0.2, 0) is 4.74 Å².